The normalized spacial score (nSPS) is 18.1. The van der Waals surface area contributed by atoms with Crippen molar-refractivity contribution in [2.45, 2.75) is 84.5 Å². The van der Waals surface area contributed by atoms with Gasteiger partial charge in [0.05, 0.1) is 15.5 Å². The molecule has 2 aliphatic rings. The minimum Gasteiger partial charge on any atom is -0.748 e. The summed E-state index contributed by atoms with van der Waals surface area (Å²) in [4.78, 5) is 13.3. The van der Waals surface area contributed by atoms with Gasteiger partial charge in [0.1, 0.15) is 6.54 Å². The van der Waals surface area contributed by atoms with Crippen LogP contribution in [-0.4, -0.2) is 53.2 Å². The molecule has 0 bridgehead atoms. The molecule has 2 heterocycles. The molecule has 0 atom stereocenters. The van der Waals surface area contributed by atoms with Gasteiger partial charge in [-0.15, -0.1) is 0 Å². The molecule has 0 radical (unpaired) electrons. The smallest absolute Gasteiger partial charge is 0.303 e. The average Bonchev–Trinajstić information content (AvgIpc) is 3.29. The Morgan fingerprint density at radius 3 is 2.22 bits per heavy atom. The highest BCUT2D eigenvalue weighted by molar-refractivity contribution is 7.85. The molecule has 8 heteroatoms. The number of aliphatic carboxylic acids is 1. The number of fused-ring (bicyclic) bond motifs is 2. The van der Waals surface area contributed by atoms with Crippen molar-refractivity contribution < 1.29 is 27.4 Å². The lowest BCUT2D eigenvalue weighted by molar-refractivity contribution is -0.437. The summed E-state index contributed by atoms with van der Waals surface area (Å²) in [5, 5.41) is 8.99. The highest BCUT2D eigenvalue weighted by Crippen LogP contribution is 2.48. The van der Waals surface area contributed by atoms with Crippen LogP contribution in [0.3, 0.4) is 0 Å². The summed E-state index contributed by atoms with van der Waals surface area (Å²) in [7, 11) is -4.27. The minimum atomic E-state index is -4.27. The van der Waals surface area contributed by atoms with E-state index < -0.39 is 16.1 Å². The van der Waals surface area contributed by atoms with Gasteiger partial charge in [-0.25, -0.2) is 8.42 Å². The van der Waals surface area contributed by atoms with Gasteiger partial charge in [0.25, 0.3) is 0 Å². The van der Waals surface area contributed by atoms with Crippen LogP contribution in [0.2, 0.25) is 0 Å². The van der Waals surface area contributed by atoms with Crippen molar-refractivity contribution in [1.82, 2.24) is 0 Å². The Morgan fingerprint density at radius 1 is 0.870 bits per heavy atom. The third kappa shape index (κ3) is 8.15. The number of benzene rings is 2. The second-order valence-electron chi connectivity index (χ2n) is 13.5. The third-order valence-electron chi connectivity index (χ3n) is 9.10. The number of allylic oxidation sites excluding steroid dienone is 8. The average molecular weight is 645 g/mol. The van der Waals surface area contributed by atoms with E-state index in [0.29, 0.717) is 13.0 Å². The molecule has 0 aliphatic carbocycles. The number of carbonyl (C=O) groups is 1. The molecule has 0 fully saturated rings. The van der Waals surface area contributed by atoms with Crippen molar-refractivity contribution in [1.29, 1.82) is 0 Å². The second kappa shape index (κ2) is 14.3. The van der Waals surface area contributed by atoms with Gasteiger partial charge in [-0.05, 0) is 64.3 Å². The largest absolute Gasteiger partial charge is 0.748 e. The quantitative estimate of drug-likeness (QED) is 0.0984. The number of hydrogen-bond acceptors (Lipinski definition) is 5. The van der Waals surface area contributed by atoms with Crippen molar-refractivity contribution in [3.05, 3.63) is 107 Å². The number of hydrogen-bond donors (Lipinski definition) is 1. The summed E-state index contributed by atoms with van der Waals surface area (Å²) in [5.74, 6) is -1.13. The lowest BCUT2D eigenvalue weighted by Crippen LogP contribution is -2.28. The van der Waals surface area contributed by atoms with Crippen LogP contribution >= 0.6 is 0 Å². The second-order valence-corrected chi connectivity index (χ2v) is 15.0. The number of nitrogens with zero attached hydrogens (tertiary/aromatic N) is 2. The first-order chi connectivity index (χ1) is 21.6. The molecular weight excluding hydrogens is 596 g/mol. The van der Waals surface area contributed by atoms with Gasteiger partial charge in [-0.3, -0.25) is 4.79 Å². The van der Waals surface area contributed by atoms with Crippen LogP contribution in [0, 0.1) is 13.8 Å². The summed E-state index contributed by atoms with van der Waals surface area (Å²) in [5.41, 5.74) is 9.01. The SMILES string of the molecule is Cc1ccc2c(c1)C(C)(C)C(/C=C/C=C/C=C/C=C1/N(CCCCCC(=O)O)c3ccc(C)cc3C1(C)C)=[N+]2CCCS(=O)(=O)[O-]. The van der Waals surface area contributed by atoms with Crippen LogP contribution in [-0.2, 0) is 25.7 Å². The van der Waals surface area contributed by atoms with Gasteiger partial charge in [-0.1, -0.05) is 80.0 Å². The molecule has 0 aromatic heterocycles. The zero-order valence-electron chi connectivity index (χ0n) is 28.0. The van der Waals surface area contributed by atoms with Gasteiger partial charge in [-0.2, -0.15) is 4.58 Å². The van der Waals surface area contributed by atoms with E-state index in [0.717, 1.165) is 30.8 Å². The number of aryl methyl sites for hydroxylation is 2. The monoisotopic (exact) mass is 644 g/mol. The van der Waals surface area contributed by atoms with E-state index in [9.17, 15) is 17.8 Å². The molecule has 0 spiro atoms. The van der Waals surface area contributed by atoms with Gasteiger partial charge in [0, 0.05) is 59.6 Å². The summed E-state index contributed by atoms with van der Waals surface area (Å²) < 4.78 is 35.9. The van der Waals surface area contributed by atoms with Gasteiger partial charge in [0.2, 0.25) is 5.69 Å². The van der Waals surface area contributed by atoms with E-state index in [1.54, 1.807) is 0 Å². The van der Waals surface area contributed by atoms with Crippen molar-refractivity contribution in [2.24, 2.45) is 0 Å². The highest BCUT2D eigenvalue weighted by atomic mass is 32.2. The maximum atomic E-state index is 11.3. The van der Waals surface area contributed by atoms with Crippen molar-refractivity contribution >= 4 is 33.2 Å². The summed E-state index contributed by atoms with van der Waals surface area (Å²) in [6.45, 7) is 14.3. The Kier molecular flexibility index (Phi) is 11.0. The molecule has 1 N–H and O–H groups in total. The lowest BCUT2D eigenvalue weighted by atomic mass is 9.81. The summed E-state index contributed by atoms with van der Waals surface area (Å²) in [6.07, 6.45) is 17.3. The number of rotatable bonds is 14. The Balaban J connectivity index is 1.52. The molecular formula is C38H48N2O5S. The Bertz CT molecular complexity index is 1720. The first-order valence-corrected chi connectivity index (χ1v) is 17.7. The molecule has 0 saturated carbocycles. The maximum absolute atomic E-state index is 11.3. The zero-order chi connectivity index (χ0) is 33.7. The molecule has 0 saturated heterocycles. The standard InChI is InChI=1S/C38H48N2O5S/c1-28-19-21-32-30(26-28)37(3,4)34(39(32)23-14-10-13-18-36(41)42)16-11-8-7-9-12-17-35-38(5,6)31-27-29(2)20-22-33(31)40(35)24-15-25-46(43,44)45/h7-9,11-12,16-17,19-22,26-27H,10,13-15,18,23-25H2,1-6H3,(H-,41,42,43,44,45). The lowest BCUT2D eigenvalue weighted by Gasteiger charge is -2.27. The Hall–Kier alpha value is -3.75. The van der Waals surface area contributed by atoms with Crippen LogP contribution in [0.1, 0.15) is 82.1 Å². The van der Waals surface area contributed by atoms with Gasteiger partial charge < -0.3 is 14.6 Å². The fourth-order valence-electron chi connectivity index (χ4n) is 6.67. The number of unbranched alkanes of at least 4 members (excludes halogenated alkanes) is 2. The number of anilines is 1. The molecule has 2 aromatic rings. The fraction of sp³-hybridized carbons (Fsp3) is 0.421. The van der Waals surface area contributed by atoms with Crippen LogP contribution < -0.4 is 4.90 Å². The molecule has 2 aromatic carbocycles. The van der Waals surface area contributed by atoms with Crippen LogP contribution in [0.25, 0.3) is 0 Å². The molecule has 0 amide bonds. The van der Waals surface area contributed by atoms with Crippen molar-refractivity contribution in [3.63, 3.8) is 0 Å². The molecule has 2 aliphatic heterocycles. The van der Waals surface area contributed by atoms with Crippen molar-refractivity contribution in [3.8, 4) is 0 Å². The van der Waals surface area contributed by atoms with Crippen LogP contribution in [0.15, 0.2) is 84.6 Å². The minimum absolute atomic E-state index is 0.163. The predicted octanol–water partition coefficient (Wildman–Crippen LogP) is 7.61. The van der Waals surface area contributed by atoms with E-state index in [4.69, 9.17) is 5.11 Å². The topological polar surface area (TPSA) is 101 Å². The third-order valence-corrected chi connectivity index (χ3v) is 9.88. The van der Waals surface area contributed by atoms with E-state index in [-0.39, 0.29) is 29.4 Å². The summed E-state index contributed by atoms with van der Waals surface area (Å²) in [6, 6.07) is 12.9. The maximum Gasteiger partial charge on any atom is 0.303 e. The van der Waals surface area contributed by atoms with Gasteiger partial charge in [0.15, 0.2) is 5.71 Å². The highest BCUT2D eigenvalue weighted by Gasteiger charge is 2.44. The zero-order valence-corrected chi connectivity index (χ0v) is 28.9. The van der Waals surface area contributed by atoms with Gasteiger partial charge >= 0.3 is 5.97 Å². The Labute approximate surface area is 275 Å². The molecule has 7 nitrogen and oxygen atoms in total. The number of carboxylic acids is 1. The first-order valence-electron chi connectivity index (χ1n) is 16.2. The summed E-state index contributed by atoms with van der Waals surface area (Å²) >= 11 is 0. The Morgan fingerprint density at radius 2 is 1.52 bits per heavy atom. The predicted molar refractivity (Wildman–Crippen MR) is 186 cm³/mol. The van der Waals surface area contributed by atoms with Crippen LogP contribution in [0.5, 0.6) is 0 Å². The van der Waals surface area contributed by atoms with E-state index in [1.807, 2.05) is 24.3 Å². The van der Waals surface area contributed by atoms with E-state index >= 15 is 0 Å². The molecule has 246 valence electrons. The van der Waals surface area contributed by atoms with Crippen LogP contribution in [0.4, 0.5) is 11.4 Å². The van der Waals surface area contributed by atoms with E-state index in [1.165, 1.54) is 33.6 Å². The molecule has 4 rings (SSSR count). The first kappa shape index (κ1) is 35.1. The van der Waals surface area contributed by atoms with Crippen molar-refractivity contribution in [2.75, 3.05) is 23.7 Å². The van der Waals surface area contributed by atoms with E-state index in [2.05, 4.69) is 106 Å². The molecule has 46 heavy (non-hydrogen) atoms. The molecule has 0 unspecified atom stereocenters. The fourth-order valence-corrected chi connectivity index (χ4v) is 7.15. The number of carboxylic acid groups (broad SMARTS) is 1.